The lowest BCUT2D eigenvalue weighted by molar-refractivity contribution is -0.00323. The molecule has 6 aliphatic rings. The van der Waals surface area contributed by atoms with Crippen molar-refractivity contribution in [3.05, 3.63) is 0 Å². The van der Waals surface area contributed by atoms with E-state index in [9.17, 15) is 0 Å². The molecule has 0 bridgehead atoms. The maximum Gasteiger partial charge on any atom is 0.0110 e. The first-order valence-corrected chi connectivity index (χ1v) is 12.7. The first kappa shape index (κ1) is 18.6. The zero-order valence-corrected chi connectivity index (χ0v) is 18.5. The Hall–Kier alpha value is -0.120. The van der Waals surface area contributed by atoms with Crippen molar-refractivity contribution in [3.8, 4) is 0 Å². The van der Waals surface area contributed by atoms with Gasteiger partial charge in [-0.05, 0) is 113 Å². The van der Waals surface area contributed by atoms with E-state index < -0.39 is 0 Å². The van der Waals surface area contributed by atoms with Crippen LogP contribution in [0, 0.1) is 34.0 Å². The van der Waals surface area contributed by atoms with Crippen LogP contribution in [0.5, 0.6) is 0 Å². The van der Waals surface area contributed by atoms with Gasteiger partial charge in [0.15, 0.2) is 0 Å². The average Bonchev–Trinajstić information content (AvgIpc) is 2.86. The highest BCUT2D eigenvalue weighted by molar-refractivity contribution is 5.20. The molecule has 0 aromatic rings. The molecule has 158 valence electrons. The van der Waals surface area contributed by atoms with E-state index in [-0.39, 0.29) is 0 Å². The summed E-state index contributed by atoms with van der Waals surface area (Å²) in [6, 6.07) is 3.05. The van der Waals surface area contributed by atoms with Crippen molar-refractivity contribution >= 4 is 0 Å². The monoisotopic (exact) mass is 385 g/mol. The van der Waals surface area contributed by atoms with Gasteiger partial charge < -0.3 is 16.0 Å². The lowest BCUT2D eigenvalue weighted by Crippen LogP contribution is -2.54. The quantitative estimate of drug-likeness (QED) is 0.670. The summed E-state index contributed by atoms with van der Waals surface area (Å²) in [4.78, 5) is 0. The molecule has 3 heteroatoms. The molecule has 10 atom stereocenters. The Morgan fingerprint density at radius 3 is 2.32 bits per heavy atom. The predicted molar refractivity (Wildman–Crippen MR) is 115 cm³/mol. The van der Waals surface area contributed by atoms with Gasteiger partial charge in [-0.3, -0.25) is 0 Å². The Kier molecular flexibility index (Phi) is 4.13. The van der Waals surface area contributed by atoms with Gasteiger partial charge >= 0.3 is 0 Å². The van der Waals surface area contributed by atoms with Gasteiger partial charge in [-0.15, -0.1) is 0 Å². The highest BCUT2D eigenvalue weighted by Gasteiger charge is 2.67. The van der Waals surface area contributed by atoms with Crippen molar-refractivity contribution in [1.29, 1.82) is 0 Å². The maximum absolute atomic E-state index is 4.18. The minimum absolute atomic E-state index is 0.633. The van der Waals surface area contributed by atoms with E-state index in [1.807, 2.05) is 0 Å². The van der Waals surface area contributed by atoms with E-state index >= 15 is 0 Å². The smallest absolute Gasteiger partial charge is 0.0110 e. The van der Waals surface area contributed by atoms with Crippen LogP contribution in [0.2, 0.25) is 0 Å². The molecule has 6 rings (SSSR count). The molecule has 10 unspecified atom stereocenters. The van der Waals surface area contributed by atoms with E-state index in [1.54, 1.807) is 0 Å². The molecular weight excluding hydrogens is 342 g/mol. The molecule has 3 N–H and O–H groups in total. The van der Waals surface area contributed by atoms with Gasteiger partial charge in [-0.2, -0.15) is 0 Å². The lowest BCUT2D eigenvalue weighted by atomic mass is 9.54. The van der Waals surface area contributed by atoms with Gasteiger partial charge in [0.1, 0.15) is 0 Å². The van der Waals surface area contributed by atoms with E-state index in [4.69, 9.17) is 0 Å². The third-order valence-electron chi connectivity index (χ3n) is 11.3. The van der Waals surface area contributed by atoms with Gasteiger partial charge in [-0.25, -0.2) is 0 Å². The zero-order chi connectivity index (χ0) is 19.1. The third kappa shape index (κ3) is 2.51. The largest absolute Gasteiger partial charge is 0.314 e. The Balaban J connectivity index is 1.15. The first-order chi connectivity index (χ1) is 13.5. The van der Waals surface area contributed by atoms with Crippen LogP contribution in [0.25, 0.3) is 0 Å². The van der Waals surface area contributed by atoms with Crippen LogP contribution in [0.3, 0.4) is 0 Å². The molecule has 3 saturated carbocycles. The number of hydrogen-bond donors (Lipinski definition) is 3. The molecule has 3 aliphatic carbocycles. The van der Waals surface area contributed by atoms with E-state index in [1.165, 1.54) is 77.3 Å². The fourth-order valence-corrected chi connectivity index (χ4v) is 9.56. The van der Waals surface area contributed by atoms with Gasteiger partial charge in [0.2, 0.25) is 0 Å². The number of nitrogens with one attached hydrogen (secondary N) is 3. The molecule has 3 saturated heterocycles. The summed E-state index contributed by atoms with van der Waals surface area (Å²) in [6.45, 7) is 9.96. The van der Waals surface area contributed by atoms with Crippen LogP contribution in [-0.4, -0.2) is 37.3 Å². The molecule has 0 aromatic carbocycles. The number of rotatable bonds is 2. The molecule has 0 aromatic heterocycles. The molecule has 28 heavy (non-hydrogen) atoms. The van der Waals surface area contributed by atoms with Crippen LogP contribution in [-0.2, 0) is 0 Å². The second kappa shape index (κ2) is 6.20. The Morgan fingerprint density at radius 1 is 0.750 bits per heavy atom. The molecule has 3 aliphatic heterocycles. The zero-order valence-electron chi connectivity index (χ0n) is 18.5. The molecule has 0 amide bonds. The normalized spacial score (nSPS) is 60.8. The molecule has 3 spiro atoms. The van der Waals surface area contributed by atoms with Crippen molar-refractivity contribution in [2.45, 2.75) is 109 Å². The molecular formula is C25H43N3. The predicted octanol–water partition coefficient (Wildman–Crippen LogP) is 4.08. The fourth-order valence-electron chi connectivity index (χ4n) is 9.56. The van der Waals surface area contributed by atoms with Crippen LogP contribution in [0.4, 0.5) is 0 Å². The summed E-state index contributed by atoms with van der Waals surface area (Å²) in [5.74, 6) is 2.99. The standard InChI is InChI=1S/C25H43N3/c1-16-11-23(15-27-16)7-4-5-19(12-23)21-13-25(21)14-22(28-18(25)3)20-6-8-24(20)9-10-26-17(24)2/h16-22,26-28H,4-15H2,1-3H3. The van der Waals surface area contributed by atoms with Crippen LogP contribution < -0.4 is 16.0 Å². The SMILES string of the molecule is CC1CC2(CCCC(C3CC34CC(C3CCC35CCNC5C)NC4C)C2)CN1. The third-order valence-corrected chi connectivity index (χ3v) is 11.3. The molecule has 6 fully saturated rings. The molecule has 0 radical (unpaired) electrons. The highest BCUT2D eigenvalue weighted by Crippen LogP contribution is 2.69. The Bertz CT molecular complexity index is 631. The van der Waals surface area contributed by atoms with Crippen LogP contribution in [0.1, 0.15) is 85.0 Å². The summed E-state index contributed by atoms with van der Waals surface area (Å²) in [6.07, 6.45) is 14.9. The maximum atomic E-state index is 4.18. The summed E-state index contributed by atoms with van der Waals surface area (Å²) in [5, 5.41) is 11.7. The topological polar surface area (TPSA) is 36.1 Å². The fraction of sp³-hybridized carbons (Fsp3) is 1.00. The van der Waals surface area contributed by atoms with E-state index in [0.717, 1.165) is 41.9 Å². The lowest BCUT2D eigenvalue weighted by Gasteiger charge is -2.53. The minimum Gasteiger partial charge on any atom is -0.314 e. The van der Waals surface area contributed by atoms with Crippen molar-refractivity contribution in [2.24, 2.45) is 34.0 Å². The summed E-state index contributed by atoms with van der Waals surface area (Å²) >= 11 is 0. The van der Waals surface area contributed by atoms with Gasteiger partial charge in [0, 0.05) is 30.7 Å². The van der Waals surface area contributed by atoms with Gasteiger partial charge in [0.05, 0.1) is 0 Å². The van der Waals surface area contributed by atoms with Crippen molar-refractivity contribution in [1.82, 2.24) is 16.0 Å². The second-order valence-electron chi connectivity index (χ2n) is 12.4. The Morgan fingerprint density at radius 2 is 1.64 bits per heavy atom. The van der Waals surface area contributed by atoms with Crippen molar-refractivity contribution in [2.75, 3.05) is 13.1 Å². The number of hydrogen-bond acceptors (Lipinski definition) is 3. The molecule has 3 heterocycles. The minimum atomic E-state index is 0.633. The van der Waals surface area contributed by atoms with Crippen LogP contribution >= 0.6 is 0 Å². The Labute approximate surface area is 172 Å². The first-order valence-electron chi connectivity index (χ1n) is 12.7. The van der Waals surface area contributed by atoms with E-state index in [0.29, 0.717) is 16.2 Å². The molecule has 3 nitrogen and oxygen atoms in total. The summed E-state index contributed by atoms with van der Waals surface area (Å²) in [7, 11) is 0. The van der Waals surface area contributed by atoms with Crippen molar-refractivity contribution < 1.29 is 0 Å². The summed E-state index contributed by atoms with van der Waals surface area (Å²) in [5.41, 5.74) is 1.95. The second-order valence-corrected chi connectivity index (χ2v) is 12.4. The summed E-state index contributed by atoms with van der Waals surface area (Å²) < 4.78 is 0. The van der Waals surface area contributed by atoms with E-state index in [2.05, 4.69) is 36.7 Å². The van der Waals surface area contributed by atoms with Gasteiger partial charge in [-0.1, -0.05) is 12.8 Å². The van der Waals surface area contributed by atoms with Gasteiger partial charge in [0.25, 0.3) is 0 Å². The average molecular weight is 386 g/mol. The highest BCUT2D eigenvalue weighted by atomic mass is 15.1. The van der Waals surface area contributed by atoms with Crippen molar-refractivity contribution in [3.63, 3.8) is 0 Å². The van der Waals surface area contributed by atoms with Crippen LogP contribution in [0.15, 0.2) is 0 Å².